The third kappa shape index (κ3) is 2.89. The number of anilines is 1. The van der Waals surface area contributed by atoms with E-state index in [1.54, 1.807) is 11.0 Å². The third-order valence-electron chi connectivity index (χ3n) is 4.72. The average molecular weight is 393 g/mol. The van der Waals surface area contributed by atoms with Crippen molar-refractivity contribution in [1.82, 2.24) is 19.0 Å². The van der Waals surface area contributed by atoms with Crippen LogP contribution in [-0.2, 0) is 17.1 Å². The average Bonchev–Trinajstić information content (AvgIpc) is 3.35. The van der Waals surface area contributed by atoms with Gasteiger partial charge in [0.25, 0.3) is 0 Å². The summed E-state index contributed by atoms with van der Waals surface area (Å²) in [5.74, 6) is -0.745. The topological polar surface area (TPSA) is 73.0 Å². The summed E-state index contributed by atoms with van der Waals surface area (Å²) in [7, 11) is -2.45. The Morgan fingerprint density at radius 3 is 2.63 bits per heavy atom. The van der Waals surface area contributed by atoms with Crippen molar-refractivity contribution in [2.45, 2.75) is 23.9 Å². The molecule has 0 radical (unpaired) electrons. The van der Waals surface area contributed by atoms with Crippen molar-refractivity contribution in [3.63, 3.8) is 0 Å². The minimum absolute atomic E-state index is 0.0138. The number of benzene rings is 1. The third-order valence-corrected chi connectivity index (χ3v) is 6.39. The zero-order valence-electron chi connectivity index (χ0n) is 14.5. The molecule has 1 unspecified atom stereocenters. The van der Waals surface area contributed by atoms with E-state index in [0.717, 1.165) is 28.7 Å². The first-order valence-corrected chi connectivity index (χ1v) is 9.83. The molecule has 27 heavy (non-hydrogen) atoms. The lowest BCUT2D eigenvalue weighted by Gasteiger charge is -2.27. The second-order valence-electron chi connectivity index (χ2n) is 6.35. The molecule has 2 aromatic heterocycles. The van der Waals surface area contributed by atoms with E-state index in [1.165, 1.54) is 30.2 Å². The Kier molecular flexibility index (Phi) is 4.22. The predicted molar refractivity (Wildman–Crippen MR) is 93.7 cm³/mol. The minimum Gasteiger partial charge on any atom is -0.349 e. The summed E-state index contributed by atoms with van der Waals surface area (Å²) in [5.41, 5.74) is 0.207. The molecule has 1 fully saturated rings. The first-order valence-electron chi connectivity index (χ1n) is 8.39. The van der Waals surface area contributed by atoms with Crippen molar-refractivity contribution < 1.29 is 17.2 Å². The predicted octanol–water partition coefficient (Wildman–Crippen LogP) is 2.47. The number of aryl methyl sites for hydroxylation is 1. The van der Waals surface area contributed by atoms with Gasteiger partial charge in [0.1, 0.15) is 17.5 Å². The highest BCUT2D eigenvalue weighted by molar-refractivity contribution is 7.89. The lowest BCUT2D eigenvalue weighted by molar-refractivity contribution is 0.552. The molecule has 4 rings (SSSR count). The molecule has 1 aromatic carbocycles. The van der Waals surface area contributed by atoms with E-state index in [2.05, 4.69) is 10.2 Å². The van der Waals surface area contributed by atoms with Crippen molar-refractivity contribution in [1.29, 1.82) is 0 Å². The van der Waals surface area contributed by atoms with Gasteiger partial charge in [-0.05, 0) is 37.1 Å². The summed E-state index contributed by atoms with van der Waals surface area (Å²) in [4.78, 5) is 1.75. The van der Waals surface area contributed by atoms with Crippen molar-refractivity contribution in [3.8, 4) is 0 Å². The van der Waals surface area contributed by atoms with E-state index < -0.39 is 27.7 Å². The summed E-state index contributed by atoms with van der Waals surface area (Å²) >= 11 is 0. The smallest absolute Gasteiger partial charge is 0.302 e. The van der Waals surface area contributed by atoms with Crippen molar-refractivity contribution >= 4 is 15.8 Å². The van der Waals surface area contributed by atoms with Crippen LogP contribution < -0.4 is 4.90 Å². The van der Waals surface area contributed by atoms with Gasteiger partial charge in [0, 0.05) is 25.2 Å². The molecule has 1 aliphatic heterocycles. The number of hydrogen-bond donors (Lipinski definition) is 0. The molecule has 0 bridgehead atoms. The lowest BCUT2D eigenvalue weighted by Crippen LogP contribution is -2.29. The van der Waals surface area contributed by atoms with Crippen LogP contribution in [0.5, 0.6) is 0 Å². The van der Waals surface area contributed by atoms with Crippen LogP contribution in [0.4, 0.5) is 14.6 Å². The van der Waals surface area contributed by atoms with Crippen LogP contribution in [-0.4, -0.2) is 33.9 Å². The van der Waals surface area contributed by atoms with Gasteiger partial charge in [-0.15, -0.1) is 4.09 Å². The molecule has 0 N–H and O–H groups in total. The SMILES string of the molecule is Cn1nccc1S(=O)(=O)n1nccc1N1CCCC1c1cc(F)ccc1F. The Labute approximate surface area is 154 Å². The Bertz CT molecular complexity index is 1090. The molecular weight excluding hydrogens is 376 g/mol. The zero-order chi connectivity index (χ0) is 19.2. The second kappa shape index (κ2) is 6.45. The molecule has 7 nitrogen and oxygen atoms in total. The highest BCUT2D eigenvalue weighted by Crippen LogP contribution is 2.38. The van der Waals surface area contributed by atoms with Crippen molar-refractivity contribution in [2.24, 2.45) is 7.05 Å². The van der Waals surface area contributed by atoms with E-state index in [9.17, 15) is 17.2 Å². The maximum Gasteiger partial charge on any atom is 0.302 e. The molecule has 3 heterocycles. The summed E-state index contributed by atoms with van der Waals surface area (Å²) in [6.07, 6.45) is 4.06. The summed E-state index contributed by atoms with van der Waals surface area (Å²) in [6, 6.07) is 5.78. The maximum atomic E-state index is 14.3. The van der Waals surface area contributed by atoms with E-state index in [4.69, 9.17) is 0 Å². The summed E-state index contributed by atoms with van der Waals surface area (Å²) < 4.78 is 56.1. The molecular formula is C17H17F2N5O2S. The fourth-order valence-electron chi connectivity index (χ4n) is 3.51. The van der Waals surface area contributed by atoms with Crippen molar-refractivity contribution in [3.05, 3.63) is 59.9 Å². The van der Waals surface area contributed by atoms with E-state index >= 15 is 0 Å². The Hall–Kier alpha value is -2.75. The van der Waals surface area contributed by atoms with Crippen LogP contribution in [0.3, 0.4) is 0 Å². The number of nitrogens with zero attached hydrogens (tertiary/aromatic N) is 5. The normalized spacial score (nSPS) is 17.6. The molecule has 1 aliphatic rings. The van der Waals surface area contributed by atoms with Gasteiger partial charge in [-0.2, -0.15) is 18.6 Å². The fourth-order valence-corrected chi connectivity index (χ4v) is 4.89. The van der Waals surface area contributed by atoms with E-state index in [1.807, 2.05) is 0 Å². The largest absolute Gasteiger partial charge is 0.349 e. The zero-order valence-corrected chi connectivity index (χ0v) is 15.3. The number of hydrogen-bond acceptors (Lipinski definition) is 5. The standard InChI is InChI=1S/C17H17F2N5O2S/c1-22-17(7-9-20-22)27(25,26)24-16(6-8-21-24)23-10-2-3-15(23)13-11-12(18)4-5-14(13)19/h4-9,11,15H,2-3,10H2,1H3. The van der Waals surface area contributed by atoms with Crippen LogP contribution in [0.2, 0.25) is 0 Å². The van der Waals surface area contributed by atoms with Crippen LogP contribution >= 0.6 is 0 Å². The lowest BCUT2D eigenvalue weighted by atomic mass is 10.0. The molecule has 3 aromatic rings. The van der Waals surface area contributed by atoms with Gasteiger partial charge in [0.2, 0.25) is 0 Å². The first-order chi connectivity index (χ1) is 12.9. The summed E-state index contributed by atoms with van der Waals surface area (Å²) in [5, 5.41) is 7.86. The molecule has 10 heteroatoms. The molecule has 0 spiro atoms. The van der Waals surface area contributed by atoms with Crippen LogP contribution in [0, 0.1) is 11.6 Å². The molecule has 0 aliphatic carbocycles. The first kappa shape index (κ1) is 17.7. The van der Waals surface area contributed by atoms with Crippen molar-refractivity contribution in [2.75, 3.05) is 11.4 Å². The summed E-state index contributed by atoms with van der Waals surface area (Å²) in [6.45, 7) is 0.507. The molecule has 0 amide bonds. The van der Waals surface area contributed by atoms with Gasteiger partial charge in [0.15, 0.2) is 5.03 Å². The molecule has 0 saturated carbocycles. The van der Waals surface area contributed by atoms with Crippen LogP contribution in [0.1, 0.15) is 24.4 Å². The number of halogens is 2. The molecule has 142 valence electrons. The quantitative estimate of drug-likeness (QED) is 0.681. The van der Waals surface area contributed by atoms with Crippen LogP contribution in [0.25, 0.3) is 0 Å². The van der Waals surface area contributed by atoms with Gasteiger partial charge in [-0.25, -0.2) is 8.78 Å². The van der Waals surface area contributed by atoms with E-state index in [0.29, 0.717) is 18.8 Å². The fraction of sp³-hybridized carbons (Fsp3) is 0.294. The molecule has 1 atom stereocenters. The van der Waals surface area contributed by atoms with Gasteiger partial charge in [0.05, 0.1) is 18.4 Å². The van der Waals surface area contributed by atoms with Gasteiger partial charge < -0.3 is 4.90 Å². The highest BCUT2D eigenvalue weighted by atomic mass is 32.2. The Morgan fingerprint density at radius 2 is 1.89 bits per heavy atom. The maximum absolute atomic E-state index is 14.3. The van der Waals surface area contributed by atoms with Crippen LogP contribution in [0.15, 0.2) is 47.8 Å². The van der Waals surface area contributed by atoms with E-state index in [-0.39, 0.29) is 10.6 Å². The Balaban J connectivity index is 1.78. The Morgan fingerprint density at radius 1 is 1.11 bits per heavy atom. The van der Waals surface area contributed by atoms with Gasteiger partial charge in [-0.3, -0.25) is 4.68 Å². The molecule has 1 saturated heterocycles. The second-order valence-corrected chi connectivity index (χ2v) is 8.06. The monoisotopic (exact) mass is 393 g/mol. The highest BCUT2D eigenvalue weighted by Gasteiger charge is 2.34. The van der Waals surface area contributed by atoms with Gasteiger partial charge >= 0.3 is 10.0 Å². The van der Waals surface area contributed by atoms with Gasteiger partial charge in [-0.1, -0.05) is 0 Å². The number of aromatic nitrogens is 4. The number of rotatable bonds is 4. The minimum atomic E-state index is -3.98.